The average Bonchev–Trinajstić information content (AvgIpc) is 3.18. The number of hydrogen-bond donors (Lipinski definition) is 0. The van der Waals surface area contributed by atoms with Crippen molar-refractivity contribution in [1.82, 2.24) is 9.88 Å². The van der Waals surface area contributed by atoms with Crippen LogP contribution in [0.4, 0.5) is 5.13 Å². The predicted octanol–water partition coefficient (Wildman–Crippen LogP) is 4.65. The standard InChI is InChI=1S/C22H26ClN3O3S2/c1-5-31(28,29)17-9-6-8-16(14-17)21(27)26(13-7-12-25(3)4)22-24-20-15(2)18(23)10-11-19(20)30-22/h6,8-11,14H,5,7,12-13H2,1-4H3. The zero-order chi connectivity index (χ0) is 22.8. The van der Waals surface area contributed by atoms with Crippen LogP contribution >= 0.6 is 22.9 Å². The van der Waals surface area contributed by atoms with Gasteiger partial charge in [-0.1, -0.05) is 35.9 Å². The van der Waals surface area contributed by atoms with E-state index in [0.29, 0.717) is 22.3 Å². The normalized spacial score (nSPS) is 11.9. The van der Waals surface area contributed by atoms with Gasteiger partial charge in [-0.25, -0.2) is 13.4 Å². The van der Waals surface area contributed by atoms with Gasteiger partial charge in [0, 0.05) is 17.1 Å². The Balaban J connectivity index is 2.02. The monoisotopic (exact) mass is 479 g/mol. The fourth-order valence-electron chi connectivity index (χ4n) is 3.18. The van der Waals surface area contributed by atoms with E-state index in [1.807, 2.05) is 33.2 Å². The minimum atomic E-state index is -3.41. The van der Waals surface area contributed by atoms with Gasteiger partial charge in [0.05, 0.1) is 20.9 Å². The summed E-state index contributed by atoms with van der Waals surface area (Å²) in [4.78, 5) is 22.0. The van der Waals surface area contributed by atoms with E-state index in [-0.39, 0.29) is 16.6 Å². The van der Waals surface area contributed by atoms with Crippen LogP contribution in [0, 0.1) is 6.92 Å². The molecule has 0 aliphatic rings. The minimum absolute atomic E-state index is 0.0188. The van der Waals surface area contributed by atoms with Crippen LogP contribution < -0.4 is 4.90 Å². The van der Waals surface area contributed by atoms with Gasteiger partial charge in [-0.15, -0.1) is 0 Å². The van der Waals surface area contributed by atoms with E-state index >= 15 is 0 Å². The van der Waals surface area contributed by atoms with Crippen molar-refractivity contribution in [3.63, 3.8) is 0 Å². The second-order valence-electron chi connectivity index (χ2n) is 7.56. The zero-order valence-corrected chi connectivity index (χ0v) is 20.4. The fourth-order valence-corrected chi connectivity index (χ4v) is 5.31. The average molecular weight is 480 g/mol. The molecule has 0 saturated carbocycles. The van der Waals surface area contributed by atoms with Crippen molar-refractivity contribution < 1.29 is 13.2 Å². The molecule has 0 radical (unpaired) electrons. The molecule has 2 aromatic carbocycles. The molecule has 0 aliphatic heterocycles. The zero-order valence-electron chi connectivity index (χ0n) is 18.1. The third-order valence-electron chi connectivity index (χ3n) is 5.02. The first-order valence-corrected chi connectivity index (χ1v) is 12.8. The van der Waals surface area contributed by atoms with Gasteiger partial charge in [0.25, 0.3) is 5.91 Å². The third kappa shape index (κ3) is 5.26. The number of amides is 1. The molecular formula is C22H26ClN3O3S2. The lowest BCUT2D eigenvalue weighted by Crippen LogP contribution is -2.33. The molecule has 3 aromatic rings. The van der Waals surface area contributed by atoms with Gasteiger partial charge in [-0.05, 0) is 69.9 Å². The lowest BCUT2D eigenvalue weighted by molar-refractivity contribution is 0.0986. The van der Waals surface area contributed by atoms with E-state index in [1.165, 1.54) is 23.5 Å². The van der Waals surface area contributed by atoms with Gasteiger partial charge < -0.3 is 4.90 Å². The Labute approximate surface area is 192 Å². The fraction of sp³-hybridized carbons (Fsp3) is 0.364. The van der Waals surface area contributed by atoms with Gasteiger partial charge >= 0.3 is 0 Å². The Hall–Kier alpha value is -2.00. The molecule has 0 N–H and O–H groups in total. The van der Waals surface area contributed by atoms with Gasteiger partial charge in [-0.2, -0.15) is 0 Å². The molecule has 1 heterocycles. The highest BCUT2D eigenvalue weighted by Crippen LogP contribution is 2.34. The van der Waals surface area contributed by atoms with Crippen molar-refractivity contribution >= 4 is 54.0 Å². The Morgan fingerprint density at radius 3 is 2.58 bits per heavy atom. The molecule has 6 nitrogen and oxygen atoms in total. The summed E-state index contributed by atoms with van der Waals surface area (Å²) in [6.07, 6.45) is 0.751. The molecule has 0 unspecified atom stereocenters. The number of anilines is 1. The number of halogens is 1. The first-order chi connectivity index (χ1) is 14.6. The van der Waals surface area contributed by atoms with Crippen LogP contribution in [0.5, 0.6) is 0 Å². The van der Waals surface area contributed by atoms with Crippen molar-refractivity contribution in [3.8, 4) is 0 Å². The Bertz CT molecular complexity index is 1210. The van der Waals surface area contributed by atoms with Gasteiger partial charge in [0.2, 0.25) is 0 Å². The molecule has 0 saturated heterocycles. The number of nitrogens with zero attached hydrogens (tertiary/aromatic N) is 3. The lowest BCUT2D eigenvalue weighted by Gasteiger charge is -2.21. The van der Waals surface area contributed by atoms with E-state index in [1.54, 1.807) is 24.0 Å². The smallest absolute Gasteiger partial charge is 0.260 e. The molecule has 31 heavy (non-hydrogen) atoms. The molecule has 1 aromatic heterocycles. The Kier molecular flexibility index (Phi) is 7.36. The van der Waals surface area contributed by atoms with E-state index in [9.17, 15) is 13.2 Å². The van der Waals surface area contributed by atoms with E-state index in [2.05, 4.69) is 4.90 Å². The van der Waals surface area contributed by atoms with Crippen LogP contribution in [0.2, 0.25) is 5.02 Å². The number of aryl methyl sites for hydroxylation is 1. The molecule has 0 aliphatic carbocycles. The maximum Gasteiger partial charge on any atom is 0.260 e. The van der Waals surface area contributed by atoms with Gasteiger partial charge in [0.15, 0.2) is 15.0 Å². The van der Waals surface area contributed by atoms with Gasteiger partial charge in [-0.3, -0.25) is 9.69 Å². The number of sulfone groups is 1. The van der Waals surface area contributed by atoms with Crippen LogP contribution in [-0.2, 0) is 9.84 Å². The second kappa shape index (κ2) is 9.65. The highest BCUT2D eigenvalue weighted by atomic mass is 35.5. The number of carbonyl (C=O) groups is 1. The van der Waals surface area contributed by atoms with Crippen molar-refractivity contribution in [1.29, 1.82) is 0 Å². The number of thiazole rings is 1. The summed E-state index contributed by atoms with van der Waals surface area (Å²) < 4.78 is 25.5. The van der Waals surface area contributed by atoms with Crippen LogP contribution in [-0.4, -0.2) is 57.1 Å². The summed E-state index contributed by atoms with van der Waals surface area (Å²) in [6.45, 7) is 4.77. The Morgan fingerprint density at radius 2 is 1.90 bits per heavy atom. The molecule has 9 heteroatoms. The maximum absolute atomic E-state index is 13.5. The molecule has 1 amide bonds. The number of carbonyl (C=O) groups excluding carboxylic acids is 1. The molecule has 0 fully saturated rings. The Morgan fingerprint density at radius 1 is 1.16 bits per heavy atom. The summed E-state index contributed by atoms with van der Waals surface area (Å²) in [6, 6.07) is 9.97. The largest absolute Gasteiger partial charge is 0.309 e. The molecule has 0 atom stereocenters. The van der Waals surface area contributed by atoms with E-state index < -0.39 is 9.84 Å². The molecule has 166 valence electrons. The number of aromatic nitrogens is 1. The van der Waals surface area contributed by atoms with Gasteiger partial charge in [0.1, 0.15) is 0 Å². The van der Waals surface area contributed by atoms with Crippen molar-refractivity contribution in [2.24, 2.45) is 0 Å². The summed E-state index contributed by atoms with van der Waals surface area (Å²) >= 11 is 7.68. The first-order valence-electron chi connectivity index (χ1n) is 9.99. The molecule has 3 rings (SSSR count). The van der Waals surface area contributed by atoms with Crippen LogP contribution in [0.15, 0.2) is 41.3 Å². The maximum atomic E-state index is 13.5. The molecular weight excluding hydrogens is 454 g/mol. The number of rotatable bonds is 8. The number of hydrogen-bond acceptors (Lipinski definition) is 6. The highest BCUT2D eigenvalue weighted by molar-refractivity contribution is 7.91. The quantitative estimate of drug-likeness (QED) is 0.470. The SMILES string of the molecule is CCS(=O)(=O)c1cccc(C(=O)N(CCCN(C)C)c2nc3c(C)c(Cl)ccc3s2)c1. The molecule has 0 bridgehead atoms. The minimum Gasteiger partial charge on any atom is -0.309 e. The topological polar surface area (TPSA) is 70.6 Å². The van der Waals surface area contributed by atoms with Crippen LogP contribution in [0.3, 0.4) is 0 Å². The second-order valence-corrected chi connectivity index (χ2v) is 11.3. The summed E-state index contributed by atoms with van der Waals surface area (Å²) in [7, 11) is 0.552. The van der Waals surface area contributed by atoms with E-state index in [0.717, 1.165) is 28.7 Å². The summed E-state index contributed by atoms with van der Waals surface area (Å²) in [5.74, 6) is -0.288. The summed E-state index contributed by atoms with van der Waals surface area (Å²) in [5.41, 5.74) is 1.98. The van der Waals surface area contributed by atoms with Crippen molar-refractivity contribution in [3.05, 3.63) is 52.5 Å². The third-order valence-corrected chi connectivity index (χ3v) is 8.21. The number of benzene rings is 2. The lowest BCUT2D eigenvalue weighted by atomic mass is 10.2. The first kappa shape index (κ1) is 23.7. The van der Waals surface area contributed by atoms with Crippen molar-refractivity contribution in [2.75, 3.05) is 37.8 Å². The van der Waals surface area contributed by atoms with Crippen LogP contribution in [0.25, 0.3) is 10.2 Å². The molecule has 0 spiro atoms. The predicted molar refractivity (Wildman–Crippen MR) is 128 cm³/mol. The van der Waals surface area contributed by atoms with E-state index in [4.69, 9.17) is 16.6 Å². The van der Waals surface area contributed by atoms with Crippen molar-refractivity contribution in [2.45, 2.75) is 25.2 Å². The summed E-state index contributed by atoms with van der Waals surface area (Å²) in [5, 5.41) is 1.21. The number of fused-ring (bicyclic) bond motifs is 1. The van der Waals surface area contributed by atoms with Crippen LogP contribution in [0.1, 0.15) is 29.3 Å². The highest BCUT2D eigenvalue weighted by Gasteiger charge is 2.23.